The third kappa shape index (κ3) is 5.87. The van der Waals surface area contributed by atoms with Gasteiger partial charge in [0.05, 0.1) is 5.71 Å². The largest absolute Gasteiger partial charge is 0.396 e. The molecule has 0 amide bonds. The van der Waals surface area contributed by atoms with Gasteiger partial charge in [-0.2, -0.15) is 0 Å². The quantitative estimate of drug-likeness (QED) is 0.413. The highest BCUT2D eigenvalue weighted by molar-refractivity contribution is 6.38. The molecule has 5 heteroatoms. The van der Waals surface area contributed by atoms with Gasteiger partial charge in [0.25, 0.3) is 0 Å². The van der Waals surface area contributed by atoms with Crippen LogP contribution < -0.4 is 0 Å². The van der Waals surface area contributed by atoms with Crippen LogP contribution >= 0.6 is 23.2 Å². The van der Waals surface area contributed by atoms with E-state index in [1.807, 2.05) is 18.2 Å². The normalized spacial score (nSPS) is 18.1. The molecule has 0 aromatic heterocycles. The lowest BCUT2D eigenvalue weighted by atomic mass is 9.74. The van der Waals surface area contributed by atoms with Crippen LogP contribution in [0, 0.1) is 5.41 Å². The third-order valence-corrected chi connectivity index (χ3v) is 4.97. The minimum absolute atomic E-state index is 0.0760. The van der Waals surface area contributed by atoms with Crippen molar-refractivity contribution in [3.63, 3.8) is 0 Å². The molecule has 1 aromatic rings. The van der Waals surface area contributed by atoms with Crippen LogP contribution in [0.3, 0.4) is 0 Å². The topological polar surface area (TPSA) is 24.8 Å². The number of benzene rings is 1. The minimum atomic E-state index is 0.0760. The van der Waals surface area contributed by atoms with Crippen LogP contribution in [0.5, 0.6) is 0 Å². The van der Waals surface area contributed by atoms with E-state index in [0.29, 0.717) is 16.7 Å². The van der Waals surface area contributed by atoms with Gasteiger partial charge in [-0.15, -0.1) is 0 Å². The maximum atomic E-state index is 6.36. The maximum absolute atomic E-state index is 6.36. The van der Waals surface area contributed by atoms with E-state index >= 15 is 0 Å². The highest BCUT2D eigenvalue weighted by atomic mass is 35.5. The number of rotatable bonds is 7. The molecule has 0 unspecified atom stereocenters. The fraction of sp³-hybridized carbons (Fsp3) is 0.476. The number of halogens is 2. The van der Waals surface area contributed by atoms with E-state index < -0.39 is 0 Å². The zero-order chi connectivity index (χ0) is 19.3. The molecule has 3 nitrogen and oxygen atoms in total. The summed E-state index contributed by atoms with van der Waals surface area (Å²) in [5.41, 5.74) is 3.77. The van der Waals surface area contributed by atoms with Crippen LogP contribution in [-0.4, -0.2) is 37.9 Å². The molecule has 0 spiro atoms. The Balaban J connectivity index is 2.18. The van der Waals surface area contributed by atoms with Gasteiger partial charge in [-0.1, -0.05) is 54.9 Å². The Hall–Kier alpha value is -1.29. The molecule has 0 radical (unpaired) electrons. The van der Waals surface area contributed by atoms with Crippen molar-refractivity contribution < 1.29 is 4.84 Å². The molecular weight excluding hydrogens is 367 g/mol. The average Bonchev–Trinajstić information content (AvgIpc) is 2.52. The summed E-state index contributed by atoms with van der Waals surface area (Å²) in [6, 6.07) is 5.52. The second-order valence-corrected chi connectivity index (χ2v) is 8.65. The Morgan fingerprint density at radius 1 is 1.23 bits per heavy atom. The van der Waals surface area contributed by atoms with Crippen molar-refractivity contribution >= 4 is 34.5 Å². The van der Waals surface area contributed by atoms with Crippen LogP contribution in [0.25, 0.3) is 5.57 Å². The monoisotopic (exact) mass is 394 g/mol. The molecule has 0 heterocycles. The van der Waals surface area contributed by atoms with Crippen molar-refractivity contribution in [2.75, 3.05) is 27.2 Å². The predicted octanol–water partition coefficient (Wildman–Crippen LogP) is 6.08. The van der Waals surface area contributed by atoms with Gasteiger partial charge in [-0.05, 0) is 68.1 Å². The SMILES string of the molecule is C=C(C1=C/C(=N/OCCCN(C)C)CC(C)(C)C1)c1c(Cl)cccc1Cl. The number of allylic oxidation sites excluding steroid dienone is 3. The van der Waals surface area contributed by atoms with Crippen LogP contribution in [0.2, 0.25) is 10.0 Å². The Bertz CT molecular complexity index is 700. The molecule has 0 fully saturated rings. The number of nitrogens with zero attached hydrogens (tertiary/aromatic N) is 2. The van der Waals surface area contributed by atoms with Crippen LogP contribution in [-0.2, 0) is 4.84 Å². The molecule has 0 saturated carbocycles. The summed E-state index contributed by atoms with van der Waals surface area (Å²) in [5.74, 6) is 0. The highest BCUT2D eigenvalue weighted by Crippen LogP contribution is 2.42. The van der Waals surface area contributed by atoms with E-state index in [4.69, 9.17) is 28.0 Å². The first-order chi connectivity index (χ1) is 12.2. The fourth-order valence-corrected chi connectivity index (χ4v) is 3.77. The smallest absolute Gasteiger partial charge is 0.118 e. The van der Waals surface area contributed by atoms with Gasteiger partial charge in [0.2, 0.25) is 0 Å². The number of hydrogen-bond donors (Lipinski definition) is 0. The van der Waals surface area contributed by atoms with Crippen molar-refractivity contribution in [2.45, 2.75) is 33.1 Å². The van der Waals surface area contributed by atoms with Gasteiger partial charge in [-0.3, -0.25) is 0 Å². The highest BCUT2D eigenvalue weighted by Gasteiger charge is 2.29. The predicted molar refractivity (Wildman–Crippen MR) is 113 cm³/mol. The van der Waals surface area contributed by atoms with Crippen molar-refractivity contribution in [1.29, 1.82) is 0 Å². The van der Waals surface area contributed by atoms with Crippen molar-refractivity contribution in [3.8, 4) is 0 Å². The van der Waals surface area contributed by atoms with Gasteiger partial charge in [-0.25, -0.2) is 0 Å². The van der Waals surface area contributed by atoms with Crippen molar-refractivity contribution in [3.05, 3.63) is 52.0 Å². The lowest BCUT2D eigenvalue weighted by Gasteiger charge is -2.31. The molecule has 1 aliphatic carbocycles. The molecule has 2 rings (SSSR count). The number of hydrogen-bond acceptors (Lipinski definition) is 3. The summed E-state index contributed by atoms with van der Waals surface area (Å²) in [6.45, 7) is 10.3. The number of oxime groups is 1. The lowest BCUT2D eigenvalue weighted by molar-refractivity contribution is 0.133. The zero-order valence-corrected chi connectivity index (χ0v) is 17.6. The van der Waals surface area contributed by atoms with E-state index in [-0.39, 0.29) is 5.41 Å². The Kier molecular flexibility index (Phi) is 7.33. The lowest BCUT2D eigenvalue weighted by Crippen LogP contribution is -2.23. The summed E-state index contributed by atoms with van der Waals surface area (Å²) in [6.07, 6.45) is 4.78. The first kappa shape index (κ1) is 21.0. The Morgan fingerprint density at radius 3 is 2.50 bits per heavy atom. The Labute approximate surface area is 167 Å². The van der Waals surface area contributed by atoms with Crippen molar-refractivity contribution in [2.24, 2.45) is 10.6 Å². The molecule has 0 N–H and O–H groups in total. The zero-order valence-electron chi connectivity index (χ0n) is 16.1. The van der Waals surface area contributed by atoms with Gasteiger partial charge in [0.15, 0.2) is 0 Å². The first-order valence-corrected chi connectivity index (χ1v) is 9.63. The van der Waals surface area contributed by atoms with E-state index in [1.54, 1.807) is 0 Å². The van der Waals surface area contributed by atoms with Gasteiger partial charge in [0, 0.05) is 22.2 Å². The summed E-state index contributed by atoms with van der Waals surface area (Å²) >= 11 is 12.7. The average molecular weight is 395 g/mol. The molecule has 0 atom stereocenters. The van der Waals surface area contributed by atoms with Gasteiger partial charge < -0.3 is 9.74 Å². The molecule has 0 saturated heterocycles. The van der Waals surface area contributed by atoms with Crippen LogP contribution in [0.15, 0.2) is 41.6 Å². The Morgan fingerprint density at radius 2 is 1.88 bits per heavy atom. The van der Waals surface area contributed by atoms with E-state index in [2.05, 4.69) is 50.7 Å². The molecule has 0 aliphatic heterocycles. The maximum Gasteiger partial charge on any atom is 0.118 e. The van der Waals surface area contributed by atoms with Gasteiger partial charge >= 0.3 is 0 Å². The summed E-state index contributed by atoms with van der Waals surface area (Å²) < 4.78 is 0. The molecule has 0 bridgehead atoms. The van der Waals surface area contributed by atoms with Crippen LogP contribution in [0.1, 0.15) is 38.7 Å². The molecule has 26 heavy (non-hydrogen) atoms. The minimum Gasteiger partial charge on any atom is -0.396 e. The second-order valence-electron chi connectivity index (χ2n) is 7.84. The van der Waals surface area contributed by atoms with Crippen LogP contribution in [0.4, 0.5) is 0 Å². The fourth-order valence-electron chi connectivity index (χ4n) is 3.14. The molecular formula is C21H28Cl2N2O. The standard InChI is InChI=1S/C21H28Cl2N2O/c1-15(20-18(22)8-6-9-19(20)23)16-12-17(14-21(2,3)13-16)24-26-11-7-10-25(4)5/h6,8-9,12H,1,7,10-11,13-14H2,2-5H3/b24-17-. The van der Waals surface area contributed by atoms with E-state index in [0.717, 1.165) is 48.2 Å². The third-order valence-electron chi connectivity index (χ3n) is 4.34. The van der Waals surface area contributed by atoms with E-state index in [1.165, 1.54) is 0 Å². The summed E-state index contributed by atoms with van der Waals surface area (Å²) in [5, 5.41) is 5.59. The summed E-state index contributed by atoms with van der Waals surface area (Å²) in [4.78, 5) is 7.67. The first-order valence-electron chi connectivity index (χ1n) is 8.87. The molecule has 142 valence electrons. The molecule has 1 aliphatic rings. The molecule has 1 aromatic carbocycles. The van der Waals surface area contributed by atoms with Crippen molar-refractivity contribution in [1.82, 2.24) is 4.90 Å². The summed E-state index contributed by atoms with van der Waals surface area (Å²) in [7, 11) is 4.10. The second kappa shape index (κ2) is 9.07. The van der Waals surface area contributed by atoms with Gasteiger partial charge in [0.1, 0.15) is 6.61 Å². The van der Waals surface area contributed by atoms with E-state index in [9.17, 15) is 0 Å².